The van der Waals surface area contributed by atoms with Gasteiger partial charge in [-0.15, -0.1) is 8.80 Å². The van der Waals surface area contributed by atoms with Gasteiger partial charge in [0.25, 0.3) is 11.2 Å². The third-order valence-corrected chi connectivity index (χ3v) is 6.20. The zero-order chi connectivity index (χ0) is 22.7. The summed E-state index contributed by atoms with van der Waals surface area (Å²) in [5.74, 6) is 1.92. The summed E-state index contributed by atoms with van der Waals surface area (Å²) in [5, 5.41) is 6.37. The molecule has 0 radical (unpaired) electrons. The Bertz CT molecular complexity index is 1020. The molecule has 174 valence electrons. The van der Waals surface area contributed by atoms with Crippen molar-refractivity contribution in [2.45, 2.75) is 32.4 Å². The van der Waals surface area contributed by atoms with Gasteiger partial charge in [-0.1, -0.05) is 55.0 Å². The first-order valence-electron chi connectivity index (χ1n) is 11.5. The van der Waals surface area contributed by atoms with Gasteiger partial charge in [0.1, 0.15) is 12.4 Å². The first-order chi connectivity index (χ1) is 16.3. The minimum atomic E-state index is -1.58. The van der Waals surface area contributed by atoms with Crippen LogP contribution in [-0.4, -0.2) is 47.0 Å². The number of nitrogens with zero attached hydrogens (tertiary/aromatic N) is 3. The van der Waals surface area contributed by atoms with Gasteiger partial charge in [-0.05, 0) is 55.3 Å². The molecule has 2 heterocycles. The Morgan fingerprint density at radius 3 is 2.48 bits per heavy atom. The van der Waals surface area contributed by atoms with Crippen LogP contribution in [0.3, 0.4) is 0 Å². The second kappa shape index (κ2) is 12.3. The molecule has 0 spiro atoms. The smallest absolute Gasteiger partial charge is 0.269 e. The molecule has 2 N–H and O–H groups in total. The lowest BCUT2D eigenvalue weighted by atomic mass is 10.1. The molecule has 0 bridgehead atoms. The molecule has 0 aliphatic carbocycles. The van der Waals surface area contributed by atoms with Crippen LogP contribution in [0.25, 0.3) is 0 Å². The van der Waals surface area contributed by atoms with Gasteiger partial charge in [-0.3, -0.25) is 4.90 Å². The number of nitrogens with one attached hydrogen (secondary N) is 2. The molecular formula is C25H31N5O2S. The Labute approximate surface area is 198 Å². The number of rotatable bonds is 9. The molecule has 7 nitrogen and oxygen atoms in total. The topological polar surface area (TPSA) is 78.3 Å². The monoisotopic (exact) mass is 465 g/mol. The van der Waals surface area contributed by atoms with Crippen molar-refractivity contribution in [2.24, 2.45) is 8.80 Å². The van der Waals surface area contributed by atoms with Crippen molar-refractivity contribution in [2.75, 3.05) is 26.2 Å². The number of benzene rings is 2. The van der Waals surface area contributed by atoms with E-state index in [1.165, 1.54) is 37.9 Å². The van der Waals surface area contributed by atoms with Crippen molar-refractivity contribution in [1.82, 2.24) is 15.5 Å². The first-order valence-corrected chi connectivity index (χ1v) is 12.5. The normalized spacial score (nSPS) is 18.7. The number of hydrogen-bond acceptors (Lipinski definition) is 5. The van der Waals surface area contributed by atoms with Gasteiger partial charge in [0.05, 0.1) is 0 Å². The fourth-order valence-electron chi connectivity index (χ4n) is 3.84. The molecule has 0 aromatic heterocycles. The van der Waals surface area contributed by atoms with Crippen molar-refractivity contribution >= 4 is 22.8 Å². The maximum absolute atomic E-state index is 11.7. The highest BCUT2D eigenvalue weighted by Crippen LogP contribution is 2.17. The summed E-state index contributed by atoms with van der Waals surface area (Å²) in [5.41, 5.74) is 2.41. The molecule has 2 aliphatic rings. The highest BCUT2D eigenvalue weighted by atomic mass is 32.2. The standard InChI is InChI=1S/C25H31N5O2S/c31-33-28-24(25(29-33)27-19-21-10-3-1-4-11-21)26-14-5-8-17-32-23-13-9-12-22(18-23)20-30-15-6-2-7-16-30/h1,3-5,8-13,18H,2,6-7,14-17,19-20H2,(H,26,28)(H,27,29)/b8-5-. The van der Waals surface area contributed by atoms with Crippen molar-refractivity contribution < 1.29 is 8.95 Å². The van der Waals surface area contributed by atoms with Crippen LogP contribution in [-0.2, 0) is 24.3 Å². The quantitative estimate of drug-likeness (QED) is 0.555. The second-order valence-electron chi connectivity index (χ2n) is 8.10. The first kappa shape index (κ1) is 23.2. The second-order valence-corrected chi connectivity index (χ2v) is 8.92. The zero-order valence-electron chi connectivity index (χ0n) is 18.8. The molecule has 4 rings (SSSR count). The van der Waals surface area contributed by atoms with Crippen molar-refractivity contribution in [3.05, 3.63) is 77.9 Å². The average molecular weight is 466 g/mol. The minimum absolute atomic E-state index is 0.487. The third kappa shape index (κ3) is 7.54. The number of likely N-dealkylation sites (tertiary alicyclic amines) is 1. The highest BCUT2D eigenvalue weighted by Gasteiger charge is 2.17. The fourth-order valence-corrected chi connectivity index (χ4v) is 4.49. The van der Waals surface area contributed by atoms with Crippen LogP contribution in [0.1, 0.15) is 30.4 Å². The van der Waals surface area contributed by atoms with E-state index in [9.17, 15) is 4.21 Å². The summed E-state index contributed by atoms with van der Waals surface area (Å²) in [6.45, 7) is 4.99. The van der Waals surface area contributed by atoms with Crippen LogP contribution >= 0.6 is 0 Å². The van der Waals surface area contributed by atoms with E-state index in [-0.39, 0.29) is 0 Å². The SMILES string of the molecule is O=S1N=C(NC/C=C\COc2cccc(CN3CCCCC3)c2)C(NCc2ccccc2)=N1. The van der Waals surface area contributed by atoms with Gasteiger partial charge in [-0.25, -0.2) is 4.21 Å². The van der Waals surface area contributed by atoms with E-state index >= 15 is 0 Å². The van der Waals surface area contributed by atoms with E-state index in [4.69, 9.17) is 4.74 Å². The number of hydrogen-bond donors (Lipinski definition) is 2. The van der Waals surface area contributed by atoms with Crippen LogP contribution < -0.4 is 15.4 Å². The number of ether oxygens (including phenoxy) is 1. The Kier molecular flexibility index (Phi) is 8.66. The molecule has 1 saturated heterocycles. The Morgan fingerprint density at radius 1 is 0.909 bits per heavy atom. The lowest BCUT2D eigenvalue weighted by Crippen LogP contribution is -2.38. The molecule has 1 unspecified atom stereocenters. The summed E-state index contributed by atoms with van der Waals surface area (Å²) in [6.07, 6.45) is 7.88. The van der Waals surface area contributed by atoms with Crippen molar-refractivity contribution in [3.8, 4) is 5.75 Å². The van der Waals surface area contributed by atoms with Gasteiger partial charge in [-0.2, -0.15) is 0 Å². The molecule has 33 heavy (non-hydrogen) atoms. The lowest BCUT2D eigenvalue weighted by Gasteiger charge is -2.26. The summed E-state index contributed by atoms with van der Waals surface area (Å²) in [6, 6.07) is 18.3. The fraction of sp³-hybridized carbons (Fsp3) is 0.360. The molecule has 2 aromatic rings. The molecule has 0 amide bonds. The van der Waals surface area contributed by atoms with Crippen LogP contribution in [0.2, 0.25) is 0 Å². The maximum atomic E-state index is 11.7. The Hall–Kier alpha value is -2.97. The maximum Gasteiger partial charge on any atom is 0.269 e. The lowest BCUT2D eigenvalue weighted by molar-refractivity contribution is 0.220. The van der Waals surface area contributed by atoms with Crippen LogP contribution in [0, 0.1) is 0 Å². The molecule has 8 heteroatoms. The van der Waals surface area contributed by atoms with Gasteiger partial charge >= 0.3 is 0 Å². The third-order valence-electron chi connectivity index (χ3n) is 5.52. The van der Waals surface area contributed by atoms with Gasteiger partial charge in [0.15, 0.2) is 11.7 Å². The van der Waals surface area contributed by atoms with Crippen LogP contribution in [0.4, 0.5) is 0 Å². The molecule has 1 atom stereocenters. The summed E-state index contributed by atoms with van der Waals surface area (Å²) < 4.78 is 25.7. The van der Waals surface area contributed by atoms with Crippen molar-refractivity contribution in [1.29, 1.82) is 0 Å². The molecule has 2 aliphatic heterocycles. The molecule has 1 fully saturated rings. The van der Waals surface area contributed by atoms with Gasteiger partial charge in [0, 0.05) is 19.6 Å². The zero-order valence-corrected chi connectivity index (χ0v) is 19.6. The van der Waals surface area contributed by atoms with Gasteiger partial charge < -0.3 is 15.4 Å². The summed E-state index contributed by atoms with van der Waals surface area (Å²) in [7, 11) is 0. The molecule has 0 saturated carbocycles. The summed E-state index contributed by atoms with van der Waals surface area (Å²) in [4.78, 5) is 2.51. The van der Waals surface area contributed by atoms with E-state index < -0.39 is 11.2 Å². The number of piperidine rings is 1. The minimum Gasteiger partial charge on any atom is -0.490 e. The van der Waals surface area contributed by atoms with E-state index in [0.717, 1.165) is 17.9 Å². The van der Waals surface area contributed by atoms with E-state index in [1.54, 1.807) is 0 Å². The highest BCUT2D eigenvalue weighted by molar-refractivity contribution is 7.83. The Morgan fingerprint density at radius 2 is 1.67 bits per heavy atom. The largest absolute Gasteiger partial charge is 0.490 e. The van der Waals surface area contributed by atoms with Gasteiger partial charge in [0.2, 0.25) is 0 Å². The van der Waals surface area contributed by atoms with E-state index in [2.05, 4.69) is 42.5 Å². The predicted molar refractivity (Wildman–Crippen MR) is 135 cm³/mol. The predicted octanol–water partition coefficient (Wildman–Crippen LogP) is 3.38. The Balaban J connectivity index is 1.18. The molecular weight excluding hydrogens is 434 g/mol. The molecule has 2 aromatic carbocycles. The van der Waals surface area contributed by atoms with Crippen LogP contribution in [0.5, 0.6) is 5.75 Å². The summed E-state index contributed by atoms with van der Waals surface area (Å²) >= 11 is -1.58. The van der Waals surface area contributed by atoms with E-state index in [0.29, 0.717) is 31.4 Å². The average Bonchev–Trinajstić information content (AvgIpc) is 3.20. The van der Waals surface area contributed by atoms with E-state index in [1.807, 2.05) is 48.6 Å². The van der Waals surface area contributed by atoms with Crippen molar-refractivity contribution in [3.63, 3.8) is 0 Å². The van der Waals surface area contributed by atoms with Crippen LogP contribution in [0.15, 0.2) is 75.5 Å². The number of amidine groups is 2.